The summed E-state index contributed by atoms with van der Waals surface area (Å²) in [5.41, 5.74) is 0.977. The Morgan fingerprint density at radius 1 is 1.24 bits per heavy atom. The van der Waals surface area contributed by atoms with Gasteiger partial charge in [0, 0.05) is 18.7 Å². The number of carbonyl (C=O) groups is 2. The largest absolute Gasteiger partial charge is 0.405 e. The molecule has 8 heteroatoms. The van der Waals surface area contributed by atoms with Crippen molar-refractivity contribution >= 4 is 11.8 Å². The van der Waals surface area contributed by atoms with Gasteiger partial charge in [0.05, 0.1) is 6.04 Å². The number of halogens is 3. The van der Waals surface area contributed by atoms with Crippen LogP contribution in [-0.2, 0) is 11.3 Å². The first-order valence-electron chi connectivity index (χ1n) is 7.66. The molecule has 1 rings (SSSR count). The van der Waals surface area contributed by atoms with Gasteiger partial charge in [0.15, 0.2) is 0 Å². The van der Waals surface area contributed by atoms with Crippen LogP contribution in [0.4, 0.5) is 13.2 Å². The fraction of sp³-hybridized carbons (Fsp3) is 0.412. The molecule has 2 N–H and O–H groups in total. The van der Waals surface area contributed by atoms with Crippen molar-refractivity contribution in [3.05, 3.63) is 48.0 Å². The number of hydrogen-bond acceptors (Lipinski definition) is 3. The molecule has 0 aliphatic heterocycles. The monoisotopic (exact) mass is 357 g/mol. The van der Waals surface area contributed by atoms with E-state index >= 15 is 0 Å². The van der Waals surface area contributed by atoms with Crippen molar-refractivity contribution < 1.29 is 22.8 Å². The number of nitrogens with zero attached hydrogens (tertiary/aromatic N) is 1. The Labute approximate surface area is 144 Å². The van der Waals surface area contributed by atoms with Crippen LogP contribution in [0.3, 0.4) is 0 Å². The second kappa shape index (κ2) is 9.22. The normalized spacial score (nSPS) is 12.6. The Morgan fingerprint density at radius 2 is 1.84 bits per heavy atom. The maximum absolute atomic E-state index is 12.1. The first kappa shape index (κ1) is 20.7. The van der Waals surface area contributed by atoms with Crippen LogP contribution in [0.5, 0.6) is 0 Å². The van der Waals surface area contributed by atoms with Gasteiger partial charge in [-0.2, -0.15) is 13.2 Å². The van der Waals surface area contributed by atoms with Crippen molar-refractivity contribution in [3.8, 4) is 0 Å². The maximum Gasteiger partial charge on any atom is 0.405 e. The van der Waals surface area contributed by atoms with E-state index in [-0.39, 0.29) is 17.5 Å². The van der Waals surface area contributed by atoms with Gasteiger partial charge in [-0.1, -0.05) is 18.2 Å². The van der Waals surface area contributed by atoms with Crippen LogP contribution in [0, 0.1) is 0 Å². The Hall–Kier alpha value is -2.35. The van der Waals surface area contributed by atoms with E-state index in [1.807, 2.05) is 10.2 Å². The van der Waals surface area contributed by atoms with Crippen LogP contribution in [0.15, 0.2) is 36.9 Å². The van der Waals surface area contributed by atoms with Gasteiger partial charge in [-0.05, 0) is 31.7 Å². The van der Waals surface area contributed by atoms with Crippen LogP contribution in [-0.4, -0.2) is 49.1 Å². The third-order valence-electron chi connectivity index (χ3n) is 3.56. The lowest BCUT2D eigenvalue weighted by Gasteiger charge is -2.23. The molecule has 5 nitrogen and oxygen atoms in total. The summed E-state index contributed by atoms with van der Waals surface area (Å²) >= 11 is 0. The molecule has 1 unspecified atom stereocenters. The van der Waals surface area contributed by atoms with Crippen molar-refractivity contribution in [3.63, 3.8) is 0 Å². The van der Waals surface area contributed by atoms with Crippen LogP contribution in [0.2, 0.25) is 0 Å². The Morgan fingerprint density at radius 3 is 2.36 bits per heavy atom. The fourth-order valence-electron chi connectivity index (χ4n) is 1.99. The number of benzene rings is 1. The fourth-order valence-corrected chi connectivity index (χ4v) is 1.99. The van der Waals surface area contributed by atoms with Crippen molar-refractivity contribution in [1.82, 2.24) is 15.5 Å². The summed E-state index contributed by atoms with van der Waals surface area (Å²) in [6.07, 6.45) is -2.85. The lowest BCUT2D eigenvalue weighted by Crippen LogP contribution is -2.42. The zero-order valence-corrected chi connectivity index (χ0v) is 14.2. The topological polar surface area (TPSA) is 61.4 Å². The van der Waals surface area contributed by atoms with Crippen molar-refractivity contribution in [2.24, 2.45) is 0 Å². The summed E-state index contributed by atoms with van der Waals surface area (Å²) < 4.78 is 36.3. The summed E-state index contributed by atoms with van der Waals surface area (Å²) in [6, 6.07) is 5.84. The van der Waals surface area contributed by atoms with E-state index in [9.17, 15) is 22.8 Å². The molecule has 1 atom stereocenters. The zero-order chi connectivity index (χ0) is 19.0. The van der Waals surface area contributed by atoms with Crippen LogP contribution in [0.1, 0.15) is 22.8 Å². The number of likely N-dealkylation sites (N-methyl/N-ethyl adjacent to an activating group) is 1. The molecule has 0 aliphatic rings. The summed E-state index contributed by atoms with van der Waals surface area (Å²) in [4.78, 5) is 25.3. The Kier molecular flexibility index (Phi) is 7.63. The Bertz CT molecular complexity index is 600. The van der Waals surface area contributed by atoms with Crippen molar-refractivity contribution in [2.45, 2.75) is 25.7 Å². The third-order valence-corrected chi connectivity index (χ3v) is 3.56. The average molecular weight is 357 g/mol. The van der Waals surface area contributed by atoms with Gasteiger partial charge in [0.2, 0.25) is 5.91 Å². The van der Waals surface area contributed by atoms with Crippen LogP contribution < -0.4 is 10.6 Å². The lowest BCUT2D eigenvalue weighted by molar-refractivity contribution is -0.125. The predicted molar refractivity (Wildman–Crippen MR) is 89.0 cm³/mol. The molecule has 0 radical (unpaired) electrons. The molecule has 0 bridgehead atoms. The molecule has 1 aromatic carbocycles. The zero-order valence-electron chi connectivity index (χ0n) is 14.2. The molecular weight excluding hydrogens is 335 g/mol. The lowest BCUT2D eigenvalue weighted by atomic mass is 10.1. The maximum atomic E-state index is 12.1. The minimum Gasteiger partial charge on any atom is -0.351 e. The van der Waals surface area contributed by atoms with Gasteiger partial charge < -0.3 is 10.6 Å². The number of amides is 2. The summed E-state index contributed by atoms with van der Waals surface area (Å²) in [5, 5.41) is 4.52. The SMILES string of the molecule is C=CCNC(=O)C(C)N(C)Cc1ccc(C(=O)NCC(F)(F)F)cc1. The highest BCUT2D eigenvalue weighted by atomic mass is 19.4. The number of hydrogen-bond donors (Lipinski definition) is 2. The van der Waals surface area contributed by atoms with Gasteiger partial charge in [-0.15, -0.1) is 6.58 Å². The molecular formula is C17H22F3N3O2. The molecule has 0 fully saturated rings. The molecule has 0 aromatic heterocycles. The number of alkyl halides is 3. The smallest absolute Gasteiger partial charge is 0.351 e. The first-order valence-corrected chi connectivity index (χ1v) is 7.66. The van der Waals surface area contributed by atoms with Crippen molar-refractivity contribution in [2.75, 3.05) is 20.1 Å². The standard InChI is InChI=1S/C17H22F3N3O2/c1-4-9-21-15(24)12(2)23(3)10-13-5-7-14(8-6-13)16(25)22-11-17(18,19)20/h4-8,12H,1,9-11H2,2-3H3,(H,21,24)(H,22,25). The molecule has 138 valence electrons. The van der Waals surface area contributed by atoms with E-state index in [2.05, 4.69) is 11.9 Å². The highest BCUT2D eigenvalue weighted by Crippen LogP contribution is 2.13. The number of nitrogens with one attached hydrogen (secondary N) is 2. The van der Waals surface area contributed by atoms with E-state index in [0.29, 0.717) is 13.1 Å². The summed E-state index contributed by atoms with van der Waals surface area (Å²) in [5.74, 6) is -0.917. The minimum atomic E-state index is -4.44. The van der Waals surface area contributed by atoms with E-state index in [1.165, 1.54) is 12.1 Å². The van der Waals surface area contributed by atoms with Crippen LogP contribution in [0.25, 0.3) is 0 Å². The van der Waals surface area contributed by atoms with Gasteiger partial charge in [0.1, 0.15) is 6.54 Å². The second-order valence-electron chi connectivity index (χ2n) is 5.62. The molecule has 2 amide bonds. The van der Waals surface area contributed by atoms with E-state index in [0.717, 1.165) is 5.56 Å². The van der Waals surface area contributed by atoms with Crippen molar-refractivity contribution in [1.29, 1.82) is 0 Å². The third kappa shape index (κ3) is 7.38. The van der Waals surface area contributed by atoms with Gasteiger partial charge in [-0.25, -0.2) is 0 Å². The average Bonchev–Trinajstić information content (AvgIpc) is 2.56. The highest BCUT2D eigenvalue weighted by molar-refractivity contribution is 5.94. The number of rotatable bonds is 8. The highest BCUT2D eigenvalue weighted by Gasteiger charge is 2.27. The molecule has 0 heterocycles. The van der Waals surface area contributed by atoms with Crippen LogP contribution >= 0.6 is 0 Å². The van der Waals surface area contributed by atoms with E-state index < -0.39 is 18.6 Å². The molecule has 25 heavy (non-hydrogen) atoms. The predicted octanol–water partition coefficient (Wildman–Crippen LogP) is 2.10. The summed E-state index contributed by atoms with van der Waals surface area (Å²) in [7, 11) is 1.78. The second-order valence-corrected chi connectivity index (χ2v) is 5.62. The number of carbonyl (C=O) groups excluding carboxylic acids is 2. The molecule has 0 saturated heterocycles. The van der Waals surface area contributed by atoms with E-state index in [4.69, 9.17) is 0 Å². The molecule has 0 spiro atoms. The Balaban J connectivity index is 2.59. The van der Waals surface area contributed by atoms with E-state index in [1.54, 1.807) is 32.2 Å². The van der Waals surface area contributed by atoms with Gasteiger partial charge in [0.25, 0.3) is 5.91 Å². The van der Waals surface area contributed by atoms with Gasteiger partial charge in [-0.3, -0.25) is 14.5 Å². The van der Waals surface area contributed by atoms with Gasteiger partial charge >= 0.3 is 6.18 Å². The molecule has 0 aliphatic carbocycles. The quantitative estimate of drug-likeness (QED) is 0.701. The minimum absolute atomic E-state index is 0.134. The first-order chi connectivity index (χ1) is 11.6. The molecule has 1 aromatic rings. The molecule has 0 saturated carbocycles. The summed E-state index contributed by atoms with van der Waals surface area (Å²) in [6.45, 7) is 4.76.